The smallest absolute Gasteiger partial charge is 0.349 e. The zero-order chi connectivity index (χ0) is 25.8. The van der Waals surface area contributed by atoms with Gasteiger partial charge in [-0.2, -0.15) is 17.5 Å². The molecule has 0 spiro atoms. The molecular weight excluding hydrogens is 488 g/mol. The Morgan fingerprint density at radius 3 is 2.29 bits per heavy atom. The number of pyridine rings is 2. The molecule has 1 N–H and O–H groups in total. The molecule has 35 heavy (non-hydrogen) atoms. The van der Waals surface area contributed by atoms with Crippen LogP contribution >= 0.6 is 0 Å². The van der Waals surface area contributed by atoms with E-state index in [0.29, 0.717) is 16.8 Å². The number of carbonyl (C=O) groups excluding carboxylic acids is 1. The molecule has 0 atom stereocenters. The molecule has 0 aliphatic heterocycles. The molecule has 2 heterocycles. The van der Waals surface area contributed by atoms with Crippen LogP contribution in [-0.4, -0.2) is 41.2 Å². The van der Waals surface area contributed by atoms with Gasteiger partial charge in [0, 0.05) is 24.0 Å². The Balaban J connectivity index is 1.68. The van der Waals surface area contributed by atoms with Gasteiger partial charge in [0.25, 0.3) is 0 Å². The molecule has 0 radical (unpaired) electrons. The van der Waals surface area contributed by atoms with E-state index < -0.39 is 46.2 Å². The maximum atomic E-state index is 13.2. The number of rotatable bonds is 8. The Hall–Kier alpha value is -3.38. The number of aromatic nitrogens is 2. The van der Waals surface area contributed by atoms with E-state index >= 15 is 0 Å². The van der Waals surface area contributed by atoms with E-state index in [1.165, 1.54) is 12.3 Å². The summed E-state index contributed by atoms with van der Waals surface area (Å²) in [5.41, 5.74) is 0.388. The summed E-state index contributed by atoms with van der Waals surface area (Å²) in [5.74, 6) is -1.17. The standard InChI is InChI=1S/C23H22F4N4O3S/c1-15(2)31(35(33,34)20-6-4-18(24)5-7-20)14-22(32)30-13-19-11-16(9-10-28-19)17-3-8-21(29-12-17)23(25,26)27/h3-12,15H,13-14H2,1-2H3,(H,30,32). The molecule has 186 valence electrons. The molecule has 7 nitrogen and oxygen atoms in total. The molecule has 0 aliphatic rings. The highest BCUT2D eigenvalue weighted by atomic mass is 32.2. The fraction of sp³-hybridized carbons (Fsp3) is 0.261. The zero-order valence-corrected chi connectivity index (χ0v) is 19.6. The number of alkyl halides is 3. The third-order valence-corrected chi connectivity index (χ3v) is 7.00. The van der Waals surface area contributed by atoms with Crippen LogP contribution in [0.1, 0.15) is 25.2 Å². The van der Waals surface area contributed by atoms with Crippen LogP contribution in [0.15, 0.2) is 65.8 Å². The minimum atomic E-state index is -4.54. The third kappa shape index (κ3) is 6.61. The summed E-state index contributed by atoms with van der Waals surface area (Å²) in [4.78, 5) is 20.0. The Morgan fingerprint density at radius 2 is 1.71 bits per heavy atom. The summed E-state index contributed by atoms with van der Waals surface area (Å²) in [5, 5.41) is 2.59. The minimum absolute atomic E-state index is 0.0384. The van der Waals surface area contributed by atoms with Gasteiger partial charge < -0.3 is 5.32 Å². The van der Waals surface area contributed by atoms with Gasteiger partial charge in [0.05, 0.1) is 23.7 Å². The predicted octanol–water partition coefficient (Wildman–Crippen LogP) is 4.02. The quantitative estimate of drug-likeness (QED) is 0.463. The van der Waals surface area contributed by atoms with Crippen molar-refractivity contribution in [3.05, 3.63) is 78.1 Å². The molecule has 0 saturated carbocycles. The van der Waals surface area contributed by atoms with E-state index in [4.69, 9.17) is 0 Å². The van der Waals surface area contributed by atoms with Crippen molar-refractivity contribution < 1.29 is 30.8 Å². The Labute approximate surface area is 199 Å². The topological polar surface area (TPSA) is 92.3 Å². The predicted molar refractivity (Wildman–Crippen MR) is 120 cm³/mol. The molecule has 12 heteroatoms. The number of sulfonamides is 1. The molecule has 3 aromatic rings. The number of hydrogen-bond acceptors (Lipinski definition) is 5. The number of nitrogens with one attached hydrogen (secondary N) is 1. The van der Waals surface area contributed by atoms with Crippen LogP contribution in [0.25, 0.3) is 11.1 Å². The highest BCUT2D eigenvalue weighted by Crippen LogP contribution is 2.29. The maximum absolute atomic E-state index is 13.2. The average molecular weight is 511 g/mol. The lowest BCUT2D eigenvalue weighted by molar-refractivity contribution is -0.141. The lowest BCUT2D eigenvalue weighted by Crippen LogP contribution is -2.44. The Morgan fingerprint density at radius 1 is 1.03 bits per heavy atom. The van der Waals surface area contributed by atoms with Crippen molar-refractivity contribution in [1.82, 2.24) is 19.6 Å². The first-order valence-corrected chi connectivity index (χ1v) is 11.8. The second-order valence-corrected chi connectivity index (χ2v) is 9.73. The summed E-state index contributed by atoms with van der Waals surface area (Å²) < 4.78 is 78.2. The molecule has 0 fully saturated rings. The SMILES string of the molecule is CC(C)N(CC(=O)NCc1cc(-c2ccc(C(F)(F)F)nc2)ccn1)S(=O)(=O)c1ccc(F)cc1. The van der Waals surface area contributed by atoms with Crippen molar-refractivity contribution in [1.29, 1.82) is 0 Å². The highest BCUT2D eigenvalue weighted by Gasteiger charge is 2.32. The van der Waals surface area contributed by atoms with Gasteiger partial charge in [-0.1, -0.05) is 6.07 Å². The molecule has 2 aromatic heterocycles. The first-order valence-electron chi connectivity index (χ1n) is 10.4. The molecular formula is C23H22F4N4O3S. The summed E-state index contributed by atoms with van der Waals surface area (Å²) in [6.07, 6.45) is -2.00. The second-order valence-electron chi connectivity index (χ2n) is 7.84. The fourth-order valence-electron chi connectivity index (χ4n) is 3.16. The first kappa shape index (κ1) is 26.2. The van der Waals surface area contributed by atoms with Crippen molar-refractivity contribution in [3.63, 3.8) is 0 Å². The fourth-order valence-corrected chi connectivity index (χ4v) is 4.75. The molecule has 0 bridgehead atoms. The van der Waals surface area contributed by atoms with Gasteiger partial charge in [0.15, 0.2) is 0 Å². The van der Waals surface area contributed by atoms with Gasteiger partial charge in [-0.05, 0) is 61.9 Å². The molecule has 0 aliphatic carbocycles. The van der Waals surface area contributed by atoms with Gasteiger partial charge in [0.2, 0.25) is 15.9 Å². The molecule has 3 rings (SSSR count). The summed E-state index contributed by atoms with van der Waals surface area (Å²) >= 11 is 0. The number of nitrogens with zero attached hydrogens (tertiary/aromatic N) is 3. The van der Waals surface area contributed by atoms with Gasteiger partial charge in [-0.25, -0.2) is 12.8 Å². The van der Waals surface area contributed by atoms with Crippen LogP contribution in [0.5, 0.6) is 0 Å². The Bertz CT molecular complexity index is 1280. The Kier molecular flexibility index (Phi) is 7.86. The van der Waals surface area contributed by atoms with E-state index in [1.54, 1.807) is 26.0 Å². The van der Waals surface area contributed by atoms with Crippen LogP contribution in [0.2, 0.25) is 0 Å². The van der Waals surface area contributed by atoms with Crippen LogP contribution in [0, 0.1) is 5.82 Å². The molecule has 1 amide bonds. The molecule has 0 saturated heterocycles. The van der Waals surface area contributed by atoms with Gasteiger partial charge in [-0.15, -0.1) is 0 Å². The monoisotopic (exact) mass is 510 g/mol. The van der Waals surface area contributed by atoms with Crippen LogP contribution in [0.4, 0.5) is 17.6 Å². The van der Waals surface area contributed by atoms with E-state index in [1.807, 2.05) is 0 Å². The van der Waals surface area contributed by atoms with E-state index in [2.05, 4.69) is 15.3 Å². The van der Waals surface area contributed by atoms with Crippen molar-refractivity contribution >= 4 is 15.9 Å². The number of halogens is 4. The van der Waals surface area contributed by atoms with E-state index in [9.17, 15) is 30.8 Å². The number of amides is 1. The summed E-state index contributed by atoms with van der Waals surface area (Å²) in [6, 6.07) is 9.09. The highest BCUT2D eigenvalue weighted by molar-refractivity contribution is 7.89. The van der Waals surface area contributed by atoms with Crippen molar-refractivity contribution in [2.24, 2.45) is 0 Å². The average Bonchev–Trinajstić information content (AvgIpc) is 2.81. The number of hydrogen-bond donors (Lipinski definition) is 1. The van der Waals surface area contributed by atoms with Crippen molar-refractivity contribution in [2.45, 2.75) is 37.5 Å². The zero-order valence-electron chi connectivity index (χ0n) is 18.8. The normalized spacial score (nSPS) is 12.2. The van der Waals surface area contributed by atoms with Gasteiger partial charge >= 0.3 is 6.18 Å². The third-order valence-electron chi connectivity index (χ3n) is 4.97. The lowest BCUT2D eigenvalue weighted by Gasteiger charge is -2.25. The maximum Gasteiger partial charge on any atom is 0.433 e. The second kappa shape index (κ2) is 10.5. The van der Waals surface area contributed by atoms with Crippen molar-refractivity contribution in [3.8, 4) is 11.1 Å². The van der Waals surface area contributed by atoms with Crippen molar-refractivity contribution in [2.75, 3.05) is 6.54 Å². The van der Waals surface area contributed by atoms with Crippen LogP contribution in [0.3, 0.4) is 0 Å². The summed E-state index contributed by atoms with van der Waals surface area (Å²) in [7, 11) is -4.05. The van der Waals surface area contributed by atoms with E-state index in [0.717, 1.165) is 40.8 Å². The first-order chi connectivity index (χ1) is 16.4. The largest absolute Gasteiger partial charge is 0.433 e. The van der Waals surface area contributed by atoms with Gasteiger partial charge in [-0.3, -0.25) is 14.8 Å². The molecule has 0 unspecified atom stereocenters. The lowest BCUT2D eigenvalue weighted by atomic mass is 10.1. The molecule has 1 aromatic carbocycles. The number of benzene rings is 1. The number of carbonyl (C=O) groups is 1. The van der Waals surface area contributed by atoms with Crippen LogP contribution in [-0.2, 0) is 27.5 Å². The minimum Gasteiger partial charge on any atom is -0.349 e. The summed E-state index contributed by atoms with van der Waals surface area (Å²) in [6.45, 7) is 2.71. The van der Waals surface area contributed by atoms with E-state index in [-0.39, 0.29) is 11.4 Å². The van der Waals surface area contributed by atoms with Crippen LogP contribution < -0.4 is 5.32 Å². The van der Waals surface area contributed by atoms with Gasteiger partial charge in [0.1, 0.15) is 11.5 Å².